The maximum absolute atomic E-state index is 5.68. The topological polar surface area (TPSA) is 27.7 Å². The molecule has 0 rings (SSSR count). The van der Waals surface area contributed by atoms with E-state index in [1.54, 1.807) is 0 Å². The predicted octanol–water partition coefficient (Wildman–Crippen LogP) is 3.58. The van der Waals surface area contributed by atoms with Crippen molar-refractivity contribution >= 4 is 40.1 Å². The second-order valence-corrected chi connectivity index (χ2v) is 10.1. The first kappa shape index (κ1) is 15.1. The van der Waals surface area contributed by atoms with Crippen molar-refractivity contribution in [2.45, 2.75) is 19.6 Å². The van der Waals surface area contributed by atoms with Gasteiger partial charge in [0, 0.05) is 11.8 Å². The van der Waals surface area contributed by atoms with Crippen LogP contribution in [0.4, 0.5) is 0 Å². The summed E-state index contributed by atoms with van der Waals surface area (Å²) in [5.41, 5.74) is 0. The quantitative estimate of drug-likeness (QED) is 0.386. The number of hydrogen-bond acceptors (Lipinski definition) is 3. The molecule has 0 aliphatic carbocycles. The monoisotopic (exact) mass is 278 g/mol. The molecule has 0 radical (unpaired) electrons. The molecule has 0 aromatic carbocycles. The van der Waals surface area contributed by atoms with E-state index in [1.165, 1.54) is 0 Å². The molecule has 14 heavy (non-hydrogen) atoms. The zero-order valence-corrected chi connectivity index (χ0v) is 12.2. The van der Waals surface area contributed by atoms with Crippen LogP contribution in [0, 0.1) is 0 Å². The Bertz CT molecular complexity index is 137. The van der Waals surface area contributed by atoms with Crippen LogP contribution in [0.3, 0.4) is 0 Å². The summed E-state index contributed by atoms with van der Waals surface area (Å²) in [6, 6.07) is 0. The number of alkyl halides is 2. The molecule has 0 saturated heterocycles. The van der Waals surface area contributed by atoms with Crippen molar-refractivity contribution in [2.24, 2.45) is 0 Å². The summed E-state index contributed by atoms with van der Waals surface area (Å²) in [5.74, 6) is 0.885. The highest BCUT2D eigenvalue weighted by molar-refractivity contribution is 7.43. The first-order valence-corrected chi connectivity index (χ1v) is 9.94. The molecule has 0 saturated carbocycles. The average molecular weight is 279 g/mol. The summed E-state index contributed by atoms with van der Waals surface area (Å²) in [4.78, 5) is 0. The highest BCUT2D eigenvalue weighted by Gasteiger charge is 2.23. The van der Waals surface area contributed by atoms with Gasteiger partial charge in [0.1, 0.15) is 0 Å². The smallest absolute Gasteiger partial charge is 0.321 e. The zero-order chi connectivity index (χ0) is 11.0. The molecular weight excluding hydrogens is 262 g/mol. The van der Waals surface area contributed by atoms with E-state index in [1.807, 2.05) is 0 Å². The molecule has 0 aromatic rings. The van der Waals surface area contributed by atoms with Crippen molar-refractivity contribution in [1.82, 2.24) is 0 Å². The Morgan fingerprint density at radius 3 is 1.71 bits per heavy atom. The van der Waals surface area contributed by atoms with E-state index in [0.29, 0.717) is 25.0 Å². The molecule has 0 spiro atoms. The fourth-order valence-corrected chi connectivity index (χ4v) is 3.67. The van der Waals surface area contributed by atoms with Gasteiger partial charge in [0.2, 0.25) is 0 Å². The van der Waals surface area contributed by atoms with Crippen molar-refractivity contribution < 1.29 is 13.3 Å². The summed E-state index contributed by atoms with van der Waals surface area (Å²) in [7, 11) is -2.90. The van der Waals surface area contributed by atoms with Crippen LogP contribution in [0.25, 0.3) is 0 Å². The minimum absolute atomic E-state index is 0.443. The highest BCUT2D eigenvalue weighted by atomic mass is 35.5. The molecule has 0 atom stereocenters. The lowest BCUT2D eigenvalue weighted by Crippen LogP contribution is -2.23. The van der Waals surface area contributed by atoms with E-state index in [4.69, 9.17) is 36.5 Å². The van der Waals surface area contributed by atoms with Gasteiger partial charge in [-0.05, 0) is 19.6 Å². The van der Waals surface area contributed by atoms with E-state index in [2.05, 4.69) is 19.6 Å². The largest absolute Gasteiger partial charge is 0.355 e. The normalized spacial score (nSPS) is 12.4. The molecule has 7 heteroatoms. The molecule has 86 valence electrons. The van der Waals surface area contributed by atoms with E-state index in [9.17, 15) is 0 Å². The van der Waals surface area contributed by atoms with E-state index in [-0.39, 0.29) is 0 Å². The molecule has 0 amide bonds. The van der Waals surface area contributed by atoms with Gasteiger partial charge in [-0.1, -0.05) is 0 Å². The third kappa shape index (κ3) is 9.65. The third-order valence-corrected chi connectivity index (χ3v) is 4.78. The van der Waals surface area contributed by atoms with Gasteiger partial charge in [-0.2, -0.15) is 0 Å². The van der Waals surface area contributed by atoms with Gasteiger partial charge < -0.3 is 13.3 Å². The lowest BCUT2D eigenvalue weighted by Gasteiger charge is -2.23. The highest BCUT2D eigenvalue weighted by Crippen LogP contribution is 2.42. The van der Waals surface area contributed by atoms with Crippen LogP contribution >= 0.6 is 31.8 Å². The average Bonchev–Trinajstić information content (AvgIpc) is 2.07. The third-order valence-electron chi connectivity index (χ3n) is 0.896. The van der Waals surface area contributed by atoms with E-state index >= 15 is 0 Å². The molecule has 0 aliphatic heterocycles. The van der Waals surface area contributed by atoms with Crippen LogP contribution in [-0.4, -0.2) is 33.3 Å². The molecule has 3 nitrogen and oxygen atoms in total. The first-order valence-electron chi connectivity index (χ1n) is 4.36. The Morgan fingerprint density at radius 1 is 1.00 bits per heavy atom. The van der Waals surface area contributed by atoms with Crippen molar-refractivity contribution in [3.05, 3.63) is 0 Å². The van der Waals surface area contributed by atoms with Crippen molar-refractivity contribution in [3.63, 3.8) is 0 Å². The molecule has 0 bridgehead atoms. The first-order chi connectivity index (χ1) is 6.49. The Morgan fingerprint density at radius 2 is 1.43 bits per heavy atom. The Kier molecular flexibility index (Phi) is 8.94. The van der Waals surface area contributed by atoms with Crippen LogP contribution in [0.1, 0.15) is 0 Å². The van der Waals surface area contributed by atoms with Crippen molar-refractivity contribution in [3.8, 4) is 0 Å². The predicted molar refractivity (Wildman–Crippen MR) is 64.7 cm³/mol. The van der Waals surface area contributed by atoms with Gasteiger partial charge in [-0.25, -0.2) is 0 Å². The fraction of sp³-hybridized carbons (Fsp3) is 1.00. The molecule has 0 N–H and O–H groups in total. The second kappa shape index (κ2) is 8.28. The Labute approximate surface area is 98.1 Å². The van der Waals surface area contributed by atoms with Crippen LogP contribution in [0.5, 0.6) is 0 Å². The summed E-state index contributed by atoms with van der Waals surface area (Å²) in [6.45, 7) is 7.13. The van der Waals surface area contributed by atoms with E-state index in [0.717, 1.165) is 0 Å². The summed E-state index contributed by atoms with van der Waals surface area (Å²) < 4.78 is 16.4. The van der Waals surface area contributed by atoms with Gasteiger partial charge in [-0.3, -0.25) is 0 Å². The van der Waals surface area contributed by atoms with Gasteiger partial charge in [0.25, 0.3) is 0 Å². The molecule has 0 heterocycles. The van der Waals surface area contributed by atoms with Crippen LogP contribution in [-0.2, 0) is 13.3 Å². The lowest BCUT2D eigenvalue weighted by atomic mass is 10.9. The standard InChI is InChI=1S/C7H17Cl2O3PSi/c1-14(2,3)12-13(10-6-4-8)11-7-5-9/h4-7H2,1-3H3. The lowest BCUT2D eigenvalue weighted by molar-refractivity contribution is 0.221. The van der Waals surface area contributed by atoms with Gasteiger partial charge in [0.05, 0.1) is 13.2 Å². The van der Waals surface area contributed by atoms with Gasteiger partial charge >= 0.3 is 8.60 Å². The Hall–Kier alpha value is 1.11. The molecular formula is C7H17Cl2O3PSi. The summed E-state index contributed by atoms with van der Waals surface area (Å²) >= 11 is 11.0. The van der Waals surface area contributed by atoms with Crippen LogP contribution in [0.2, 0.25) is 19.6 Å². The number of rotatable bonds is 8. The fourth-order valence-electron chi connectivity index (χ4n) is 0.532. The van der Waals surface area contributed by atoms with E-state index < -0.39 is 16.9 Å². The Balaban J connectivity index is 3.84. The maximum atomic E-state index is 5.68. The zero-order valence-electron chi connectivity index (χ0n) is 8.76. The van der Waals surface area contributed by atoms with Crippen molar-refractivity contribution in [1.29, 1.82) is 0 Å². The molecule has 0 aliphatic rings. The molecule has 0 aromatic heterocycles. The summed E-state index contributed by atoms with van der Waals surface area (Å²) in [6.07, 6.45) is 0. The van der Waals surface area contributed by atoms with Crippen LogP contribution < -0.4 is 0 Å². The maximum Gasteiger partial charge on any atom is 0.321 e. The van der Waals surface area contributed by atoms with Gasteiger partial charge in [-0.15, -0.1) is 23.2 Å². The summed E-state index contributed by atoms with van der Waals surface area (Å²) in [5, 5.41) is 0. The van der Waals surface area contributed by atoms with Gasteiger partial charge in [0.15, 0.2) is 8.32 Å². The van der Waals surface area contributed by atoms with Crippen LogP contribution in [0.15, 0.2) is 0 Å². The minimum Gasteiger partial charge on any atom is -0.355 e. The SMILES string of the molecule is C[Si](C)(C)OP(OCCCl)OCCCl. The number of hydrogen-bond donors (Lipinski definition) is 0. The molecule has 0 fully saturated rings. The second-order valence-electron chi connectivity index (χ2n) is 3.47. The van der Waals surface area contributed by atoms with Crippen molar-refractivity contribution in [2.75, 3.05) is 25.0 Å². The minimum atomic E-state index is -1.63. The number of halogens is 2. The molecule has 0 unspecified atom stereocenters.